The Balaban J connectivity index is 5.30. The first-order valence-corrected chi connectivity index (χ1v) is 42.5. The molecule has 0 heterocycles. The summed E-state index contributed by atoms with van der Waals surface area (Å²) in [6.07, 6.45) is 61.6. The lowest BCUT2D eigenvalue weighted by atomic mass is 9.99. The normalized spacial score (nSPS) is 14.4. The van der Waals surface area contributed by atoms with Crippen LogP contribution in [0.4, 0.5) is 0 Å². The second-order valence-corrected chi connectivity index (χ2v) is 30.2. The van der Waals surface area contributed by atoms with E-state index in [1.165, 1.54) is 193 Å². The van der Waals surface area contributed by atoms with Gasteiger partial charge in [-0.1, -0.05) is 329 Å². The molecule has 0 saturated heterocycles. The summed E-state index contributed by atoms with van der Waals surface area (Å²) in [7, 11) is -9.93. The van der Waals surface area contributed by atoms with Gasteiger partial charge < -0.3 is 33.8 Å². The third-order valence-corrected chi connectivity index (χ3v) is 19.7. The van der Waals surface area contributed by atoms with Gasteiger partial charge in [-0.3, -0.25) is 37.3 Å². The van der Waals surface area contributed by atoms with Crippen molar-refractivity contribution in [3.05, 3.63) is 24.3 Å². The Labute approximate surface area is 586 Å². The largest absolute Gasteiger partial charge is 0.472 e. The summed E-state index contributed by atoms with van der Waals surface area (Å²) in [5.41, 5.74) is 0. The highest BCUT2D eigenvalue weighted by Gasteiger charge is 2.30. The number of phosphoric ester groups is 2. The number of phosphoric acid groups is 2. The first kappa shape index (κ1) is 93.5. The van der Waals surface area contributed by atoms with Crippen LogP contribution in [-0.4, -0.2) is 96.7 Å². The lowest BCUT2D eigenvalue weighted by molar-refractivity contribution is -0.161. The number of unbranched alkanes of at least 4 members (excludes halogenated alkanes) is 43. The second-order valence-electron chi connectivity index (χ2n) is 27.3. The molecule has 0 radical (unpaired) electrons. The predicted octanol–water partition coefficient (Wildman–Crippen LogP) is 22.4. The number of hydrogen-bond acceptors (Lipinski definition) is 15. The van der Waals surface area contributed by atoms with Crippen molar-refractivity contribution in [1.29, 1.82) is 0 Å². The van der Waals surface area contributed by atoms with E-state index < -0.39 is 97.5 Å². The minimum atomic E-state index is -4.97. The maximum Gasteiger partial charge on any atom is 0.472 e. The van der Waals surface area contributed by atoms with Gasteiger partial charge in [0.15, 0.2) is 12.2 Å². The van der Waals surface area contributed by atoms with Crippen molar-refractivity contribution in [2.45, 2.75) is 400 Å². The highest BCUT2D eigenvalue weighted by Crippen LogP contribution is 2.45. The van der Waals surface area contributed by atoms with Crippen molar-refractivity contribution in [3.63, 3.8) is 0 Å². The Kier molecular flexibility index (Phi) is 67.8. The van der Waals surface area contributed by atoms with Gasteiger partial charge in [0.25, 0.3) is 0 Å². The number of ether oxygens (including phenoxy) is 4. The Bertz CT molecular complexity index is 1940. The molecule has 0 bridgehead atoms. The first-order valence-electron chi connectivity index (χ1n) is 39.5. The smallest absolute Gasteiger partial charge is 0.462 e. The average molecular weight is 1410 g/mol. The molecule has 3 N–H and O–H groups in total. The standard InChI is InChI=1S/C77H146O17P2/c1-6-10-13-16-19-22-25-28-30-32-35-41-46-51-56-61-75(80)88-66-72(93-76(81)62-57-52-47-42-36-33-31-29-26-23-20-17-14-11-7-2)68-91-95(83,84)89-64-71(78)65-90-96(85,86)92-69-73(67-87-74(79)60-55-50-45-40-34-27-24-21-18-15-12-8-3)94-77(82)63-58-53-48-43-38-37-39-44-49-54-59-70(5)9-4/h23,26,29,31,70-73,78H,6-22,24-25,27-28,30,32-69H2,1-5H3,(H,83,84)(H,85,86)/b26-23-,31-29-/t70?,71-,72-,73-/m1/s1. The molecule has 19 heteroatoms. The van der Waals surface area contributed by atoms with Crippen molar-refractivity contribution in [3.8, 4) is 0 Å². The molecule has 0 aliphatic heterocycles. The van der Waals surface area contributed by atoms with E-state index in [-0.39, 0.29) is 25.7 Å². The molecule has 17 nitrogen and oxygen atoms in total. The summed E-state index contributed by atoms with van der Waals surface area (Å²) in [5, 5.41) is 10.6. The number of aliphatic hydroxyl groups is 1. The van der Waals surface area contributed by atoms with Gasteiger partial charge in [0.1, 0.15) is 19.3 Å². The lowest BCUT2D eigenvalue weighted by Crippen LogP contribution is -2.30. The number of carbonyl (C=O) groups excluding carboxylic acids is 4. The van der Waals surface area contributed by atoms with Gasteiger partial charge in [0.05, 0.1) is 26.4 Å². The first-order chi connectivity index (χ1) is 46.6. The van der Waals surface area contributed by atoms with Crippen molar-refractivity contribution in [2.75, 3.05) is 39.6 Å². The van der Waals surface area contributed by atoms with E-state index in [1.54, 1.807) is 0 Å². The van der Waals surface area contributed by atoms with Crippen LogP contribution >= 0.6 is 15.6 Å². The molecule has 0 aliphatic rings. The summed E-state index contributed by atoms with van der Waals surface area (Å²) in [4.78, 5) is 72.9. The van der Waals surface area contributed by atoms with Gasteiger partial charge in [-0.2, -0.15) is 0 Å². The molecule has 566 valence electrons. The van der Waals surface area contributed by atoms with Crippen molar-refractivity contribution in [1.82, 2.24) is 0 Å². The molecule has 96 heavy (non-hydrogen) atoms. The van der Waals surface area contributed by atoms with Gasteiger partial charge in [0.2, 0.25) is 0 Å². The van der Waals surface area contributed by atoms with Crippen molar-refractivity contribution >= 4 is 39.5 Å². The molecule has 0 spiro atoms. The number of esters is 4. The quantitative estimate of drug-likeness (QED) is 0.0169. The molecule has 0 fully saturated rings. The van der Waals surface area contributed by atoms with Crippen LogP contribution in [0.25, 0.3) is 0 Å². The zero-order valence-corrected chi connectivity index (χ0v) is 63.8. The fourth-order valence-corrected chi connectivity index (χ4v) is 12.9. The van der Waals surface area contributed by atoms with E-state index >= 15 is 0 Å². The monoisotopic (exact) mass is 1410 g/mol. The fourth-order valence-electron chi connectivity index (χ4n) is 11.3. The van der Waals surface area contributed by atoms with Gasteiger partial charge in [-0.05, 0) is 57.3 Å². The van der Waals surface area contributed by atoms with Crippen molar-refractivity contribution < 1.29 is 80.2 Å². The van der Waals surface area contributed by atoms with E-state index in [0.717, 1.165) is 109 Å². The summed E-state index contributed by atoms with van der Waals surface area (Å²) in [6, 6.07) is 0. The molecule has 0 amide bonds. The zero-order valence-electron chi connectivity index (χ0n) is 62.0. The van der Waals surface area contributed by atoms with Gasteiger partial charge in [-0.25, -0.2) is 9.13 Å². The topological polar surface area (TPSA) is 237 Å². The van der Waals surface area contributed by atoms with Crippen LogP contribution in [0.1, 0.15) is 381 Å². The Morgan fingerprint density at radius 3 is 0.885 bits per heavy atom. The average Bonchev–Trinajstić information content (AvgIpc) is 1.51. The Morgan fingerprint density at radius 1 is 0.333 bits per heavy atom. The molecule has 3 unspecified atom stereocenters. The molecule has 0 saturated carbocycles. The van der Waals surface area contributed by atoms with Crippen LogP contribution in [0.5, 0.6) is 0 Å². The van der Waals surface area contributed by atoms with Crippen LogP contribution in [-0.2, 0) is 65.4 Å². The molecule has 0 aromatic carbocycles. The van der Waals surface area contributed by atoms with Gasteiger partial charge in [-0.15, -0.1) is 0 Å². The SMILES string of the molecule is CCCCCC/C=C\C=C/CCCCCCCC(=O)O[C@H](COC(=O)CCCCCCCCCCCCCCCCC)COP(=O)(O)OC[C@@H](O)COP(=O)(O)OC[C@@H](COC(=O)CCCCCCCCCCCCCC)OC(=O)CCCCCCCCCCCCC(C)CC. The van der Waals surface area contributed by atoms with Gasteiger partial charge >= 0.3 is 39.5 Å². The summed E-state index contributed by atoms with van der Waals surface area (Å²) >= 11 is 0. The Morgan fingerprint density at radius 2 is 0.583 bits per heavy atom. The molecule has 0 aliphatic carbocycles. The third-order valence-electron chi connectivity index (χ3n) is 17.8. The van der Waals surface area contributed by atoms with E-state index in [1.807, 2.05) is 0 Å². The predicted molar refractivity (Wildman–Crippen MR) is 391 cm³/mol. The van der Waals surface area contributed by atoms with Crippen LogP contribution in [0.2, 0.25) is 0 Å². The zero-order chi connectivity index (χ0) is 70.5. The summed E-state index contributed by atoms with van der Waals surface area (Å²) in [5.74, 6) is -1.34. The molecule has 6 atom stereocenters. The number of hydrogen-bond donors (Lipinski definition) is 3. The van der Waals surface area contributed by atoms with E-state index in [2.05, 4.69) is 58.9 Å². The lowest BCUT2D eigenvalue weighted by Gasteiger charge is -2.21. The fraction of sp³-hybridized carbons (Fsp3) is 0.896. The number of carbonyl (C=O) groups is 4. The molecule has 0 aromatic rings. The van der Waals surface area contributed by atoms with E-state index in [4.69, 9.17) is 37.0 Å². The second kappa shape index (κ2) is 69.6. The third kappa shape index (κ3) is 68.7. The van der Waals surface area contributed by atoms with Crippen LogP contribution in [0.3, 0.4) is 0 Å². The summed E-state index contributed by atoms with van der Waals surface area (Å²) in [6.45, 7) is 7.26. The molecule has 0 rings (SSSR count). The number of rotatable bonds is 75. The van der Waals surface area contributed by atoms with Gasteiger partial charge in [0, 0.05) is 25.7 Å². The maximum absolute atomic E-state index is 13.1. The van der Waals surface area contributed by atoms with E-state index in [9.17, 15) is 43.2 Å². The maximum atomic E-state index is 13.1. The van der Waals surface area contributed by atoms with Crippen LogP contribution in [0.15, 0.2) is 24.3 Å². The van der Waals surface area contributed by atoms with Crippen LogP contribution < -0.4 is 0 Å². The number of aliphatic hydroxyl groups excluding tert-OH is 1. The summed E-state index contributed by atoms with van der Waals surface area (Å²) < 4.78 is 68.5. The van der Waals surface area contributed by atoms with Crippen LogP contribution in [0, 0.1) is 5.92 Å². The van der Waals surface area contributed by atoms with E-state index in [0.29, 0.717) is 25.7 Å². The minimum absolute atomic E-state index is 0.0858. The highest BCUT2D eigenvalue weighted by atomic mass is 31.2. The molecular weight excluding hydrogens is 1260 g/mol. The Hall–Kier alpha value is -2.46. The minimum Gasteiger partial charge on any atom is -0.462 e. The van der Waals surface area contributed by atoms with Crippen molar-refractivity contribution in [2.24, 2.45) is 5.92 Å². The highest BCUT2D eigenvalue weighted by molar-refractivity contribution is 7.47. The number of allylic oxidation sites excluding steroid dienone is 4. The molecule has 0 aromatic heterocycles. The molecular formula is C77H146O17P2.